The first-order chi connectivity index (χ1) is 11.7. The molecule has 0 bridgehead atoms. The first kappa shape index (κ1) is 15.4. The Balaban J connectivity index is 1.57. The number of piperidine rings is 1. The molecule has 2 N–H and O–H groups in total. The predicted octanol–water partition coefficient (Wildman–Crippen LogP) is 1.20. The fraction of sp³-hybridized carbons (Fsp3) is 0.588. The van der Waals surface area contributed by atoms with Crippen LogP contribution in [0.4, 0.5) is 0 Å². The van der Waals surface area contributed by atoms with Crippen molar-refractivity contribution in [3.05, 3.63) is 35.9 Å². The molecule has 3 atom stereocenters. The van der Waals surface area contributed by atoms with Crippen LogP contribution in [0.5, 0.6) is 0 Å². The van der Waals surface area contributed by atoms with Crippen LogP contribution < -0.4 is 5.32 Å². The van der Waals surface area contributed by atoms with Gasteiger partial charge < -0.3 is 10.2 Å². The number of carbonyl (C=O) groups is 1. The highest BCUT2D eigenvalue weighted by Gasteiger charge is 2.40. The third-order valence-corrected chi connectivity index (χ3v) is 5.37. The van der Waals surface area contributed by atoms with Crippen molar-refractivity contribution in [3.63, 3.8) is 0 Å². The molecule has 24 heavy (non-hydrogen) atoms. The summed E-state index contributed by atoms with van der Waals surface area (Å²) in [5.41, 5.74) is 2.27. The number of rotatable bonds is 3. The molecule has 0 radical (unpaired) electrons. The number of aromatic amines is 1. The van der Waals surface area contributed by atoms with Gasteiger partial charge in [-0.15, -0.1) is 0 Å². The van der Waals surface area contributed by atoms with Gasteiger partial charge in [0.2, 0.25) is 5.91 Å². The predicted molar refractivity (Wildman–Crippen MR) is 89.2 cm³/mol. The Morgan fingerprint density at radius 3 is 2.92 bits per heavy atom. The highest BCUT2D eigenvalue weighted by atomic mass is 16.2. The fourth-order valence-corrected chi connectivity index (χ4v) is 4.12. The van der Waals surface area contributed by atoms with Crippen LogP contribution in [0.25, 0.3) is 0 Å². The van der Waals surface area contributed by atoms with Crippen molar-refractivity contribution in [1.29, 1.82) is 0 Å². The Bertz CT molecular complexity index is 694. The highest BCUT2D eigenvalue weighted by Crippen LogP contribution is 2.35. The first-order valence-electron chi connectivity index (χ1n) is 8.72. The number of nitrogens with zero attached hydrogens (tertiary/aromatic N) is 4. The van der Waals surface area contributed by atoms with Gasteiger partial charge in [0.1, 0.15) is 0 Å². The maximum absolute atomic E-state index is 13.3. The second-order valence-electron chi connectivity index (χ2n) is 6.89. The van der Waals surface area contributed by atoms with E-state index >= 15 is 0 Å². The summed E-state index contributed by atoms with van der Waals surface area (Å²) < 4.78 is 1.81. The van der Waals surface area contributed by atoms with Crippen molar-refractivity contribution in [2.24, 2.45) is 13.0 Å². The minimum absolute atomic E-state index is 0.0123. The molecular formula is C17H24N6O. The molecule has 0 aliphatic carbocycles. The van der Waals surface area contributed by atoms with Crippen LogP contribution in [0, 0.1) is 5.92 Å². The second-order valence-corrected chi connectivity index (χ2v) is 6.89. The molecule has 2 aliphatic heterocycles. The Labute approximate surface area is 141 Å². The highest BCUT2D eigenvalue weighted by molar-refractivity contribution is 5.81. The minimum atomic E-state index is -0.0123. The quantitative estimate of drug-likeness (QED) is 0.887. The molecular weight excluding hydrogens is 304 g/mol. The average Bonchev–Trinajstić information content (AvgIpc) is 3.35. The van der Waals surface area contributed by atoms with Gasteiger partial charge >= 0.3 is 0 Å². The van der Waals surface area contributed by atoms with Crippen molar-refractivity contribution < 1.29 is 4.79 Å². The number of carbonyl (C=O) groups excluding carboxylic acids is 1. The number of amides is 1. The number of nitrogens with one attached hydrogen (secondary N) is 2. The molecule has 4 heterocycles. The standard InChI is InChI=1S/C17H24N6O/c1-22-11-13(8-21-22)14-9-18-10-15(14)17(24)23-5-3-2-4-16(23)12-6-19-20-7-12/h6-8,11,14-16,18H,2-5,9-10H2,1H3,(H,19,20)/t14-,15+,16?/m1/s1. The van der Waals surface area contributed by atoms with Crippen molar-refractivity contribution >= 4 is 5.91 Å². The molecule has 128 valence electrons. The van der Waals surface area contributed by atoms with Crippen molar-refractivity contribution in [2.45, 2.75) is 31.2 Å². The lowest BCUT2D eigenvalue weighted by Gasteiger charge is -2.37. The third kappa shape index (κ3) is 2.73. The normalized spacial score (nSPS) is 27.5. The summed E-state index contributed by atoms with van der Waals surface area (Å²) >= 11 is 0. The summed E-state index contributed by atoms with van der Waals surface area (Å²) in [4.78, 5) is 15.4. The maximum Gasteiger partial charge on any atom is 0.228 e. The number of likely N-dealkylation sites (tertiary alicyclic amines) is 1. The van der Waals surface area contributed by atoms with Crippen LogP contribution in [-0.2, 0) is 11.8 Å². The van der Waals surface area contributed by atoms with Crippen LogP contribution >= 0.6 is 0 Å². The molecule has 7 heteroatoms. The van der Waals surface area contributed by atoms with E-state index in [2.05, 4.69) is 25.5 Å². The second kappa shape index (κ2) is 6.39. The smallest absolute Gasteiger partial charge is 0.228 e. The lowest BCUT2D eigenvalue weighted by Crippen LogP contribution is -2.43. The molecule has 0 spiro atoms. The Morgan fingerprint density at radius 1 is 1.25 bits per heavy atom. The average molecular weight is 328 g/mol. The van der Waals surface area contributed by atoms with Gasteiger partial charge in [0.25, 0.3) is 0 Å². The van der Waals surface area contributed by atoms with Gasteiger partial charge in [-0.25, -0.2) is 0 Å². The van der Waals surface area contributed by atoms with Crippen LogP contribution in [0.2, 0.25) is 0 Å². The van der Waals surface area contributed by atoms with E-state index in [-0.39, 0.29) is 23.8 Å². The van der Waals surface area contributed by atoms with E-state index in [0.717, 1.165) is 50.0 Å². The fourth-order valence-electron chi connectivity index (χ4n) is 4.12. The molecule has 2 aromatic rings. The van der Waals surface area contributed by atoms with Crippen molar-refractivity contribution in [3.8, 4) is 0 Å². The van der Waals surface area contributed by atoms with Crippen molar-refractivity contribution in [2.75, 3.05) is 19.6 Å². The summed E-state index contributed by atoms with van der Waals surface area (Å²) in [6.07, 6.45) is 10.9. The zero-order valence-corrected chi connectivity index (χ0v) is 14.0. The summed E-state index contributed by atoms with van der Waals surface area (Å²) in [6.45, 7) is 2.42. The molecule has 2 aromatic heterocycles. The maximum atomic E-state index is 13.3. The minimum Gasteiger partial charge on any atom is -0.335 e. The number of aromatic nitrogens is 4. The summed E-state index contributed by atoms with van der Waals surface area (Å²) in [6, 6.07) is 0.153. The Kier molecular flexibility index (Phi) is 4.10. The molecule has 2 saturated heterocycles. The van der Waals surface area contributed by atoms with E-state index in [4.69, 9.17) is 0 Å². The number of hydrogen-bond donors (Lipinski definition) is 2. The zero-order valence-electron chi connectivity index (χ0n) is 14.0. The van der Waals surface area contributed by atoms with Crippen molar-refractivity contribution in [1.82, 2.24) is 30.2 Å². The number of H-pyrrole nitrogens is 1. The van der Waals surface area contributed by atoms with E-state index in [1.54, 1.807) is 0 Å². The molecule has 4 rings (SSSR count). The number of aryl methyl sites for hydroxylation is 1. The number of hydrogen-bond acceptors (Lipinski definition) is 4. The first-order valence-corrected chi connectivity index (χ1v) is 8.72. The van der Waals surface area contributed by atoms with Gasteiger partial charge in [0.15, 0.2) is 0 Å². The van der Waals surface area contributed by atoms with Crippen LogP contribution in [0.1, 0.15) is 42.3 Å². The molecule has 1 unspecified atom stereocenters. The Morgan fingerprint density at radius 2 is 2.17 bits per heavy atom. The van der Waals surface area contributed by atoms with E-state index in [9.17, 15) is 4.79 Å². The molecule has 1 amide bonds. The van der Waals surface area contributed by atoms with Gasteiger partial charge in [-0.3, -0.25) is 14.6 Å². The van der Waals surface area contributed by atoms with Gasteiger partial charge in [-0.1, -0.05) is 0 Å². The summed E-state index contributed by atoms with van der Waals surface area (Å²) in [7, 11) is 1.92. The van der Waals surface area contributed by atoms with Crippen LogP contribution in [0.3, 0.4) is 0 Å². The molecule has 2 fully saturated rings. The molecule has 7 nitrogen and oxygen atoms in total. The monoisotopic (exact) mass is 328 g/mol. The summed E-state index contributed by atoms with van der Waals surface area (Å²) in [5.74, 6) is 0.458. The largest absolute Gasteiger partial charge is 0.335 e. The third-order valence-electron chi connectivity index (χ3n) is 5.37. The van der Waals surface area contributed by atoms with E-state index in [1.165, 1.54) is 0 Å². The lowest BCUT2D eigenvalue weighted by molar-refractivity contribution is -0.139. The Hall–Kier alpha value is -2.15. The zero-order chi connectivity index (χ0) is 16.5. The lowest BCUT2D eigenvalue weighted by atomic mass is 9.87. The van der Waals surface area contributed by atoms with Gasteiger partial charge in [-0.2, -0.15) is 10.2 Å². The van der Waals surface area contributed by atoms with Gasteiger partial charge in [0, 0.05) is 50.6 Å². The summed E-state index contributed by atoms with van der Waals surface area (Å²) in [5, 5.41) is 14.6. The molecule has 0 saturated carbocycles. The topological polar surface area (TPSA) is 78.8 Å². The van der Waals surface area contributed by atoms with E-state index < -0.39 is 0 Å². The van der Waals surface area contributed by atoms with E-state index in [1.807, 2.05) is 36.5 Å². The SMILES string of the molecule is Cn1cc([C@H]2CNC[C@@H]2C(=O)N2CCCCC2c2cn[nH]c2)cn1. The van der Waals surface area contributed by atoms with Crippen LogP contribution in [-0.4, -0.2) is 50.4 Å². The van der Waals surface area contributed by atoms with Gasteiger partial charge in [0.05, 0.1) is 24.4 Å². The molecule has 2 aliphatic rings. The van der Waals surface area contributed by atoms with Crippen LogP contribution in [0.15, 0.2) is 24.8 Å². The van der Waals surface area contributed by atoms with E-state index in [0.29, 0.717) is 0 Å². The molecule has 0 aromatic carbocycles. The van der Waals surface area contributed by atoms with Gasteiger partial charge in [-0.05, 0) is 24.8 Å².